The summed E-state index contributed by atoms with van der Waals surface area (Å²) in [7, 11) is 2.04. The largest absolute Gasteiger partial charge is 0.316 e. The molecule has 0 fully saturated rings. The van der Waals surface area contributed by atoms with Gasteiger partial charge in [-0.15, -0.1) is 23.1 Å². The fourth-order valence-electron chi connectivity index (χ4n) is 1.78. The lowest BCUT2D eigenvalue weighted by molar-refractivity contribution is 0.622. The third-order valence-corrected chi connectivity index (χ3v) is 5.84. The van der Waals surface area contributed by atoms with Crippen LogP contribution in [0.15, 0.2) is 45.1 Å². The van der Waals surface area contributed by atoms with E-state index in [9.17, 15) is 0 Å². The lowest BCUT2D eigenvalue weighted by Gasteiger charge is -2.14. The molecule has 0 saturated carbocycles. The third kappa shape index (κ3) is 4.95. The number of hydrogen-bond donors (Lipinski definition) is 1. The van der Waals surface area contributed by atoms with Crippen LogP contribution in [0.25, 0.3) is 0 Å². The number of thiophene rings is 1. The van der Waals surface area contributed by atoms with Crippen LogP contribution in [0.5, 0.6) is 0 Å². The zero-order chi connectivity index (χ0) is 13.7. The number of halogens is 1. The molecule has 0 radical (unpaired) electrons. The summed E-state index contributed by atoms with van der Waals surface area (Å²) in [5, 5.41) is 5.56. The van der Waals surface area contributed by atoms with E-state index in [4.69, 9.17) is 0 Å². The Hall–Kier alpha value is -0.290. The number of hydrogen-bond acceptors (Lipinski definition) is 3. The molecule has 4 heteroatoms. The van der Waals surface area contributed by atoms with Crippen LogP contribution < -0.4 is 5.32 Å². The number of rotatable bonds is 6. The van der Waals surface area contributed by atoms with Gasteiger partial charge in [0.25, 0.3) is 0 Å². The predicted octanol–water partition coefficient (Wildman–Crippen LogP) is 4.74. The number of thioether (sulfide) groups is 1. The van der Waals surface area contributed by atoms with Crippen molar-refractivity contribution in [1.29, 1.82) is 0 Å². The monoisotopic (exact) mass is 355 g/mol. The molecular formula is C15H18BrNS2. The molecule has 1 unspecified atom stereocenters. The fraction of sp³-hybridized carbons (Fsp3) is 0.333. The highest BCUT2D eigenvalue weighted by Crippen LogP contribution is 2.24. The molecule has 1 N–H and O–H groups in total. The summed E-state index contributed by atoms with van der Waals surface area (Å²) in [6, 6.07) is 11.5. The minimum absolute atomic E-state index is 0.511. The first-order chi connectivity index (χ1) is 9.17. The summed E-state index contributed by atoms with van der Waals surface area (Å²) >= 11 is 7.25. The van der Waals surface area contributed by atoms with Crippen LogP contribution >= 0.6 is 39.0 Å². The van der Waals surface area contributed by atoms with Crippen molar-refractivity contribution in [2.24, 2.45) is 0 Å². The maximum absolute atomic E-state index is 3.51. The summed E-state index contributed by atoms with van der Waals surface area (Å²) in [5.74, 6) is 1.09. The van der Waals surface area contributed by atoms with Gasteiger partial charge in [-0.1, -0.05) is 17.7 Å². The first-order valence-corrected chi connectivity index (χ1v) is 8.93. The second-order valence-corrected chi connectivity index (χ2v) is 7.55. The number of likely N-dealkylation sites (N-methyl/N-ethyl adjacent to an activating group) is 1. The van der Waals surface area contributed by atoms with Crippen molar-refractivity contribution >= 4 is 39.0 Å². The molecule has 1 atom stereocenters. The summed E-state index contributed by atoms with van der Waals surface area (Å²) in [6.07, 6.45) is 1.09. The van der Waals surface area contributed by atoms with Crippen molar-refractivity contribution < 1.29 is 0 Å². The van der Waals surface area contributed by atoms with Gasteiger partial charge in [0.2, 0.25) is 0 Å². The van der Waals surface area contributed by atoms with Crippen molar-refractivity contribution in [3.05, 3.63) is 50.6 Å². The van der Waals surface area contributed by atoms with Crippen molar-refractivity contribution in [3.63, 3.8) is 0 Å². The standard InChI is InChI=1S/C15H18BrNS2/c1-11-3-5-14(6-4-11)19-10-13(17-2)8-15-7-12(16)9-18-15/h3-7,9,13,17H,8,10H2,1-2H3. The average Bonchev–Trinajstić information content (AvgIpc) is 2.82. The van der Waals surface area contributed by atoms with Crippen molar-refractivity contribution in [2.45, 2.75) is 24.3 Å². The van der Waals surface area contributed by atoms with Gasteiger partial charge in [0.15, 0.2) is 0 Å². The van der Waals surface area contributed by atoms with Crippen LogP contribution in [0.2, 0.25) is 0 Å². The molecular weight excluding hydrogens is 338 g/mol. The Morgan fingerprint density at radius 2 is 2.05 bits per heavy atom. The van der Waals surface area contributed by atoms with Gasteiger partial charge in [-0.05, 0) is 54.5 Å². The number of benzene rings is 1. The quantitative estimate of drug-likeness (QED) is 0.750. The summed E-state index contributed by atoms with van der Waals surface area (Å²) in [6.45, 7) is 2.12. The van der Waals surface area contributed by atoms with Gasteiger partial charge < -0.3 is 5.32 Å². The van der Waals surface area contributed by atoms with Gasteiger partial charge in [0.1, 0.15) is 0 Å². The zero-order valence-electron chi connectivity index (χ0n) is 11.2. The van der Waals surface area contributed by atoms with E-state index < -0.39 is 0 Å². The first-order valence-electron chi connectivity index (χ1n) is 6.27. The molecule has 102 valence electrons. The van der Waals surface area contributed by atoms with E-state index in [1.165, 1.54) is 19.8 Å². The summed E-state index contributed by atoms with van der Waals surface area (Å²) in [5.41, 5.74) is 1.32. The van der Waals surface area contributed by atoms with E-state index in [0.717, 1.165) is 12.2 Å². The van der Waals surface area contributed by atoms with E-state index in [1.807, 2.05) is 30.1 Å². The van der Waals surface area contributed by atoms with Gasteiger partial charge in [-0.2, -0.15) is 0 Å². The molecule has 19 heavy (non-hydrogen) atoms. The normalized spacial score (nSPS) is 12.6. The molecule has 0 spiro atoms. The Morgan fingerprint density at radius 1 is 1.32 bits per heavy atom. The third-order valence-electron chi connectivity index (χ3n) is 2.95. The zero-order valence-corrected chi connectivity index (χ0v) is 14.4. The van der Waals surface area contributed by atoms with Crippen LogP contribution in [0.4, 0.5) is 0 Å². The van der Waals surface area contributed by atoms with Crippen molar-refractivity contribution in [1.82, 2.24) is 5.32 Å². The van der Waals surface area contributed by atoms with Crippen LogP contribution in [0.1, 0.15) is 10.4 Å². The van der Waals surface area contributed by atoms with Crippen LogP contribution in [-0.4, -0.2) is 18.8 Å². The predicted molar refractivity (Wildman–Crippen MR) is 90.5 cm³/mol. The molecule has 1 nitrogen and oxygen atoms in total. The van der Waals surface area contributed by atoms with E-state index in [1.54, 1.807) is 0 Å². The fourth-order valence-corrected chi connectivity index (χ4v) is 4.32. The van der Waals surface area contributed by atoms with E-state index in [-0.39, 0.29) is 0 Å². The molecule has 2 rings (SSSR count). The Labute approximate surface area is 131 Å². The lowest BCUT2D eigenvalue weighted by atomic mass is 10.2. The Morgan fingerprint density at radius 3 is 2.63 bits per heavy atom. The molecule has 1 heterocycles. The summed E-state index contributed by atoms with van der Waals surface area (Å²) in [4.78, 5) is 2.77. The van der Waals surface area contributed by atoms with Crippen molar-refractivity contribution in [3.8, 4) is 0 Å². The molecule has 0 aliphatic rings. The minimum Gasteiger partial charge on any atom is -0.316 e. The number of nitrogens with one attached hydrogen (secondary N) is 1. The Kier molecular flexibility index (Phi) is 5.95. The van der Waals surface area contributed by atoms with Gasteiger partial charge >= 0.3 is 0 Å². The van der Waals surface area contributed by atoms with Crippen molar-refractivity contribution in [2.75, 3.05) is 12.8 Å². The highest BCUT2D eigenvalue weighted by Gasteiger charge is 2.09. The molecule has 0 aliphatic heterocycles. The molecule has 0 amide bonds. The smallest absolute Gasteiger partial charge is 0.0285 e. The van der Waals surface area contributed by atoms with Crippen LogP contribution in [0, 0.1) is 6.92 Å². The minimum atomic E-state index is 0.511. The molecule has 0 aliphatic carbocycles. The van der Waals surface area contributed by atoms with E-state index >= 15 is 0 Å². The highest BCUT2D eigenvalue weighted by molar-refractivity contribution is 9.10. The van der Waals surface area contributed by atoms with E-state index in [2.05, 4.69) is 63.9 Å². The first kappa shape index (κ1) is 15.1. The molecule has 1 aromatic carbocycles. The molecule has 0 saturated heterocycles. The van der Waals surface area contributed by atoms with Gasteiger partial charge in [0, 0.05) is 31.4 Å². The summed E-state index contributed by atoms with van der Waals surface area (Å²) < 4.78 is 1.19. The van der Waals surface area contributed by atoms with Crippen LogP contribution in [-0.2, 0) is 6.42 Å². The molecule has 2 aromatic rings. The second-order valence-electron chi connectivity index (χ2n) is 4.55. The Balaban J connectivity index is 1.87. The van der Waals surface area contributed by atoms with Gasteiger partial charge in [-0.3, -0.25) is 0 Å². The number of aryl methyl sites for hydroxylation is 1. The lowest BCUT2D eigenvalue weighted by Crippen LogP contribution is -2.29. The van der Waals surface area contributed by atoms with Gasteiger partial charge in [0.05, 0.1) is 0 Å². The maximum atomic E-state index is 3.51. The van der Waals surface area contributed by atoms with E-state index in [0.29, 0.717) is 6.04 Å². The van der Waals surface area contributed by atoms with Gasteiger partial charge in [-0.25, -0.2) is 0 Å². The molecule has 0 bridgehead atoms. The maximum Gasteiger partial charge on any atom is 0.0285 e. The Bertz CT molecular complexity index is 507. The highest BCUT2D eigenvalue weighted by atomic mass is 79.9. The average molecular weight is 356 g/mol. The SMILES string of the molecule is CNC(CSc1ccc(C)cc1)Cc1cc(Br)cs1. The second kappa shape index (κ2) is 7.48. The van der Waals surface area contributed by atoms with Crippen LogP contribution in [0.3, 0.4) is 0 Å². The molecule has 1 aromatic heterocycles. The topological polar surface area (TPSA) is 12.0 Å².